The molecule has 1 aliphatic heterocycles. The fraction of sp³-hybridized carbons (Fsp3) is 0.346. The summed E-state index contributed by atoms with van der Waals surface area (Å²) < 4.78 is 67.5. The fourth-order valence-electron chi connectivity index (χ4n) is 4.69. The Morgan fingerprint density at radius 1 is 0.950 bits per heavy atom. The normalized spacial score (nSPS) is 18.2. The molecule has 2 N–H and O–H groups in total. The van der Waals surface area contributed by atoms with Crippen molar-refractivity contribution in [2.45, 2.75) is 54.3 Å². The number of carbonyl (C=O) groups excluding carboxylic acids is 1. The number of halogens is 1. The van der Waals surface area contributed by atoms with Gasteiger partial charge in [0.1, 0.15) is 4.21 Å². The summed E-state index contributed by atoms with van der Waals surface area (Å²) in [6.07, 6.45) is 2.58. The van der Waals surface area contributed by atoms with E-state index in [-0.39, 0.29) is 43.9 Å². The highest BCUT2D eigenvalue weighted by Gasteiger charge is 2.35. The molecule has 0 aliphatic carbocycles. The van der Waals surface area contributed by atoms with Crippen LogP contribution < -0.4 is 19.5 Å². The first-order chi connectivity index (χ1) is 18.9. The molecule has 40 heavy (non-hydrogen) atoms. The molecular formula is C26H30ClN3O7S3. The van der Waals surface area contributed by atoms with E-state index in [1.807, 2.05) is 13.8 Å². The smallest absolute Gasteiger partial charge is 0.271 e. The molecule has 10 nitrogen and oxygen atoms in total. The van der Waals surface area contributed by atoms with Crippen LogP contribution in [0.5, 0.6) is 11.5 Å². The second kappa shape index (κ2) is 12.0. The first-order valence-electron chi connectivity index (χ1n) is 12.4. The molecule has 2 aromatic carbocycles. The van der Waals surface area contributed by atoms with Crippen LogP contribution in [0.4, 0.5) is 11.4 Å². The number of hydrogen-bond donors (Lipinski definition) is 2. The van der Waals surface area contributed by atoms with Gasteiger partial charge in [0.25, 0.3) is 15.9 Å². The fourth-order valence-corrected chi connectivity index (χ4v) is 9.13. The maximum absolute atomic E-state index is 13.4. The summed E-state index contributed by atoms with van der Waals surface area (Å²) in [5.74, 6) is -0.241. The predicted octanol–water partition coefficient (Wildman–Crippen LogP) is 5.42. The Balaban J connectivity index is 1.62. The van der Waals surface area contributed by atoms with E-state index in [0.717, 1.165) is 30.6 Å². The number of hydrogen-bond acceptors (Lipinski definition) is 8. The highest BCUT2D eigenvalue weighted by Crippen LogP contribution is 2.36. The van der Waals surface area contributed by atoms with Crippen molar-refractivity contribution >= 4 is 60.3 Å². The number of carbonyl (C=O) groups is 1. The maximum Gasteiger partial charge on any atom is 0.271 e. The number of thiophene rings is 1. The molecule has 1 aromatic heterocycles. The molecule has 1 saturated heterocycles. The van der Waals surface area contributed by atoms with Crippen molar-refractivity contribution in [1.82, 2.24) is 4.31 Å². The Kier molecular flexibility index (Phi) is 9.00. The third-order valence-electron chi connectivity index (χ3n) is 6.63. The number of anilines is 2. The largest absolute Gasteiger partial charge is 0.493 e. The Labute approximate surface area is 243 Å². The Morgan fingerprint density at radius 3 is 2.10 bits per heavy atom. The van der Waals surface area contributed by atoms with Gasteiger partial charge in [-0.05, 0) is 69.2 Å². The lowest BCUT2D eigenvalue weighted by Crippen LogP contribution is -2.47. The lowest BCUT2D eigenvalue weighted by atomic mass is 10.0. The van der Waals surface area contributed by atoms with E-state index in [0.29, 0.717) is 10.0 Å². The Hall–Kier alpha value is -2.84. The highest BCUT2D eigenvalue weighted by atomic mass is 35.5. The van der Waals surface area contributed by atoms with E-state index < -0.39 is 26.0 Å². The lowest BCUT2D eigenvalue weighted by molar-refractivity contribution is 0.102. The summed E-state index contributed by atoms with van der Waals surface area (Å²) in [6, 6.07) is 11.2. The standard InChI is InChI=1S/C26H30ClN3O7S3/c1-16-6-5-7-17(2)30(16)40(34,35)19-10-8-18(9-11-19)28-26(31)20-14-22(36-3)23(37-4)15-21(20)29-39(32,33)25-13-12-24(27)38-25/h8-17,29H,5-7H2,1-4H3,(H,28,31)/t16-,17+. The zero-order chi connectivity index (χ0) is 29.2. The van der Waals surface area contributed by atoms with Crippen LogP contribution in [0.2, 0.25) is 4.34 Å². The highest BCUT2D eigenvalue weighted by molar-refractivity contribution is 7.94. The maximum atomic E-state index is 13.4. The number of amides is 1. The van der Waals surface area contributed by atoms with Gasteiger partial charge in [0.05, 0.1) is 34.7 Å². The zero-order valence-electron chi connectivity index (χ0n) is 22.3. The molecule has 0 bridgehead atoms. The van der Waals surface area contributed by atoms with Crippen molar-refractivity contribution in [2.75, 3.05) is 24.3 Å². The van der Waals surface area contributed by atoms with Crippen molar-refractivity contribution in [1.29, 1.82) is 0 Å². The average Bonchev–Trinajstić information content (AvgIpc) is 3.35. The van der Waals surface area contributed by atoms with Crippen LogP contribution in [-0.2, 0) is 20.0 Å². The van der Waals surface area contributed by atoms with Crippen LogP contribution in [-0.4, -0.2) is 53.4 Å². The number of sulfonamides is 2. The van der Waals surface area contributed by atoms with Gasteiger partial charge in [-0.2, -0.15) is 4.31 Å². The van der Waals surface area contributed by atoms with Gasteiger partial charge in [0.15, 0.2) is 11.5 Å². The molecule has 0 unspecified atom stereocenters. The quantitative estimate of drug-likeness (QED) is 0.324. The third kappa shape index (κ3) is 6.23. The molecule has 2 heterocycles. The number of methoxy groups -OCH3 is 2. The summed E-state index contributed by atoms with van der Waals surface area (Å²) in [6.45, 7) is 3.81. The second-order valence-corrected chi connectivity index (χ2v) is 14.8. The molecule has 0 saturated carbocycles. The molecule has 4 rings (SSSR count). The Morgan fingerprint density at radius 2 is 1.55 bits per heavy atom. The third-order valence-corrected chi connectivity index (χ3v) is 11.9. The monoisotopic (exact) mass is 627 g/mol. The summed E-state index contributed by atoms with van der Waals surface area (Å²) in [7, 11) is -5.02. The summed E-state index contributed by atoms with van der Waals surface area (Å²) in [5.41, 5.74) is 0.223. The number of benzene rings is 2. The lowest BCUT2D eigenvalue weighted by Gasteiger charge is -2.37. The van der Waals surface area contributed by atoms with Crippen molar-refractivity contribution in [3.8, 4) is 11.5 Å². The zero-order valence-corrected chi connectivity index (χ0v) is 25.5. The molecule has 14 heteroatoms. The molecule has 1 aliphatic rings. The van der Waals surface area contributed by atoms with Gasteiger partial charge in [0, 0.05) is 23.8 Å². The molecule has 1 amide bonds. The van der Waals surface area contributed by atoms with Gasteiger partial charge in [-0.1, -0.05) is 18.0 Å². The van der Waals surface area contributed by atoms with Crippen LogP contribution in [0.15, 0.2) is 57.6 Å². The molecule has 0 radical (unpaired) electrons. The van der Waals surface area contributed by atoms with Gasteiger partial charge < -0.3 is 14.8 Å². The predicted molar refractivity (Wildman–Crippen MR) is 156 cm³/mol. The first-order valence-corrected chi connectivity index (χ1v) is 16.5. The Bertz CT molecular complexity index is 1600. The first kappa shape index (κ1) is 30.1. The van der Waals surface area contributed by atoms with Crippen LogP contribution in [0.25, 0.3) is 0 Å². The van der Waals surface area contributed by atoms with Crippen molar-refractivity contribution in [3.05, 3.63) is 58.4 Å². The van der Waals surface area contributed by atoms with E-state index in [1.54, 1.807) is 4.31 Å². The van der Waals surface area contributed by atoms with E-state index in [1.165, 1.54) is 62.8 Å². The number of nitrogens with zero attached hydrogens (tertiary/aromatic N) is 1. The molecule has 0 spiro atoms. The van der Waals surface area contributed by atoms with E-state index in [9.17, 15) is 21.6 Å². The molecule has 2 atom stereocenters. The minimum atomic E-state index is -4.07. The number of nitrogens with one attached hydrogen (secondary N) is 2. The minimum absolute atomic E-state index is 0.0345. The van der Waals surface area contributed by atoms with Crippen LogP contribution in [0.1, 0.15) is 43.5 Å². The summed E-state index contributed by atoms with van der Waals surface area (Å²) in [4.78, 5) is 13.5. The van der Waals surface area contributed by atoms with Gasteiger partial charge in [0.2, 0.25) is 10.0 Å². The van der Waals surface area contributed by atoms with Gasteiger partial charge in [-0.15, -0.1) is 11.3 Å². The van der Waals surface area contributed by atoms with E-state index >= 15 is 0 Å². The number of rotatable bonds is 9. The van der Waals surface area contributed by atoms with Crippen LogP contribution in [0, 0.1) is 0 Å². The summed E-state index contributed by atoms with van der Waals surface area (Å²) in [5, 5.41) is 2.70. The van der Waals surface area contributed by atoms with Gasteiger partial charge >= 0.3 is 0 Å². The van der Waals surface area contributed by atoms with Gasteiger partial charge in [-0.3, -0.25) is 9.52 Å². The topological polar surface area (TPSA) is 131 Å². The molecule has 1 fully saturated rings. The van der Waals surface area contributed by atoms with E-state index in [4.69, 9.17) is 21.1 Å². The SMILES string of the molecule is COc1cc(NS(=O)(=O)c2ccc(Cl)s2)c(C(=O)Nc2ccc(S(=O)(=O)N3[C@H](C)CCC[C@@H]3C)cc2)cc1OC. The second-order valence-electron chi connectivity index (χ2n) is 9.36. The van der Waals surface area contributed by atoms with Crippen LogP contribution in [0.3, 0.4) is 0 Å². The van der Waals surface area contributed by atoms with Crippen molar-refractivity contribution in [3.63, 3.8) is 0 Å². The van der Waals surface area contributed by atoms with Crippen molar-refractivity contribution in [2.24, 2.45) is 0 Å². The van der Waals surface area contributed by atoms with E-state index in [2.05, 4.69) is 10.0 Å². The molecule has 3 aromatic rings. The molecule has 216 valence electrons. The molecular weight excluding hydrogens is 598 g/mol. The minimum Gasteiger partial charge on any atom is -0.493 e. The van der Waals surface area contributed by atoms with Crippen LogP contribution >= 0.6 is 22.9 Å². The van der Waals surface area contributed by atoms with Crippen molar-refractivity contribution < 1.29 is 31.1 Å². The van der Waals surface area contributed by atoms with Gasteiger partial charge in [-0.25, -0.2) is 16.8 Å². The number of ether oxygens (including phenoxy) is 2. The average molecular weight is 628 g/mol. The summed E-state index contributed by atoms with van der Waals surface area (Å²) >= 11 is 6.78. The number of piperidine rings is 1.